The van der Waals surface area contributed by atoms with E-state index >= 15 is 0 Å². The molecule has 0 saturated heterocycles. The van der Waals surface area contributed by atoms with E-state index in [-0.39, 0.29) is 5.97 Å². The summed E-state index contributed by atoms with van der Waals surface area (Å²) in [7, 11) is 1.92. The molecule has 0 bridgehead atoms. The minimum atomic E-state index is -0.266. The summed E-state index contributed by atoms with van der Waals surface area (Å²) >= 11 is 0. The van der Waals surface area contributed by atoms with Gasteiger partial charge in [-0.25, -0.2) is 9.79 Å². The van der Waals surface area contributed by atoms with Crippen LogP contribution < -0.4 is 4.90 Å². The van der Waals surface area contributed by atoms with E-state index in [1.807, 2.05) is 54.4 Å². The Morgan fingerprint density at radius 2 is 1.79 bits per heavy atom. The van der Waals surface area contributed by atoms with Crippen molar-refractivity contribution >= 4 is 23.7 Å². The van der Waals surface area contributed by atoms with Crippen molar-refractivity contribution in [2.45, 2.75) is 26.2 Å². The van der Waals surface area contributed by atoms with Crippen LogP contribution in [0.3, 0.4) is 0 Å². The Bertz CT molecular complexity index is 651. The van der Waals surface area contributed by atoms with Crippen molar-refractivity contribution in [1.29, 1.82) is 0 Å². The number of hydrogen-bond donors (Lipinski definition) is 0. The zero-order valence-corrected chi connectivity index (χ0v) is 14.3. The van der Waals surface area contributed by atoms with E-state index in [1.54, 1.807) is 18.5 Å². The summed E-state index contributed by atoms with van der Waals surface area (Å²) in [6, 6.07) is 17.1. The third-order valence-corrected chi connectivity index (χ3v) is 3.63. The van der Waals surface area contributed by atoms with E-state index in [0.29, 0.717) is 12.2 Å². The Kier molecular flexibility index (Phi) is 7.02. The topological polar surface area (TPSA) is 41.9 Å². The van der Waals surface area contributed by atoms with Gasteiger partial charge in [-0.15, -0.1) is 0 Å². The fourth-order valence-electron chi connectivity index (χ4n) is 2.17. The van der Waals surface area contributed by atoms with Crippen molar-refractivity contribution in [1.82, 2.24) is 0 Å². The number of unbranched alkanes of at least 4 members (excludes halogenated alkanes) is 2. The summed E-state index contributed by atoms with van der Waals surface area (Å²) in [4.78, 5) is 18.3. The van der Waals surface area contributed by atoms with Gasteiger partial charge in [-0.1, -0.05) is 38.0 Å². The fraction of sp³-hybridized carbons (Fsp3) is 0.300. The zero-order valence-electron chi connectivity index (χ0n) is 14.3. The summed E-state index contributed by atoms with van der Waals surface area (Å²) in [6.07, 6.45) is 4.87. The molecule has 0 aliphatic heterocycles. The largest absolute Gasteiger partial charge is 0.462 e. The maximum atomic E-state index is 11.9. The van der Waals surface area contributed by atoms with E-state index in [4.69, 9.17) is 4.74 Å². The molecular weight excluding hydrogens is 300 g/mol. The second-order valence-corrected chi connectivity index (χ2v) is 5.58. The van der Waals surface area contributed by atoms with Crippen LogP contribution in [0.4, 0.5) is 11.4 Å². The van der Waals surface area contributed by atoms with E-state index in [1.165, 1.54) is 0 Å². The average Bonchev–Trinajstić information content (AvgIpc) is 2.64. The molecular formula is C20H24N2O2. The molecule has 4 nitrogen and oxygen atoms in total. The maximum absolute atomic E-state index is 11.9. The predicted octanol–water partition coefficient (Wildman–Crippen LogP) is 4.83. The highest BCUT2D eigenvalue weighted by Crippen LogP contribution is 2.15. The number of carbonyl (C=O) groups is 1. The molecule has 0 atom stereocenters. The molecule has 0 saturated carbocycles. The van der Waals surface area contributed by atoms with Gasteiger partial charge in [0.25, 0.3) is 0 Å². The average molecular weight is 324 g/mol. The highest BCUT2D eigenvalue weighted by molar-refractivity contribution is 5.90. The molecule has 126 valence electrons. The van der Waals surface area contributed by atoms with Gasteiger partial charge in [0.2, 0.25) is 0 Å². The molecule has 2 aromatic carbocycles. The summed E-state index contributed by atoms with van der Waals surface area (Å²) in [5.74, 6) is -0.266. The minimum Gasteiger partial charge on any atom is -0.462 e. The lowest BCUT2D eigenvalue weighted by Crippen LogP contribution is -2.14. The van der Waals surface area contributed by atoms with Crippen LogP contribution in [0.15, 0.2) is 59.6 Å². The first-order chi connectivity index (χ1) is 11.7. The molecule has 0 aliphatic carbocycles. The third kappa shape index (κ3) is 5.54. The van der Waals surface area contributed by atoms with Gasteiger partial charge in [0, 0.05) is 12.7 Å². The molecule has 24 heavy (non-hydrogen) atoms. The normalized spacial score (nSPS) is 10.8. The van der Waals surface area contributed by atoms with Gasteiger partial charge in [0.1, 0.15) is 0 Å². The lowest BCUT2D eigenvalue weighted by Gasteiger charge is -2.13. The van der Waals surface area contributed by atoms with Gasteiger partial charge in [-0.3, -0.25) is 0 Å². The second kappa shape index (κ2) is 9.50. The summed E-state index contributed by atoms with van der Waals surface area (Å²) < 4.78 is 5.26. The van der Waals surface area contributed by atoms with Crippen LogP contribution in [0.1, 0.15) is 36.5 Å². The number of nitrogens with zero attached hydrogens (tertiary/aromatic N) is 2. The van der Waals surface area contributed by atoms with Gasteiger partial charge in [0.15, 0.2) is 0 Å². The van der Waals surface area contributed by atoms with Crippen molar-refractivity contribution in [3.63, 3.8) is 0 Å². The van der Waals surface area contributed by atoms with Crippen LogP contribution in [0.2, 0.25) is 0 Å². The Hall–Kier alpha value is -2.62. The minimum absolute atomic E-state index is 0.266. The SMILES string of the molecule is CCCCCOC(=O)c1ccc(N(C)C=Nc2ccccc2)cc1. The van der Waals surface area contributed by atoms with E-state index in [2.05, 4.69) is 11.9 Å². The maximum Gasteiger partial charge on any atom is 0.338 e. The van der Waals surface area contributed by atoms with Crippen molar-refractivity contribution in [3.8, 4) is 0 Å². The molecule has 4 heteroatoms. The van der Waals surface area contributed by atoms with Gasteiger partial charge < -0.3 is 9.64 Å². The standard InChI is InChI=1S/C20H24N2O2/c1-3-4-8-15-24-20(23)17-11-13-19(14-12-17)22(2)16-21-18-9-6-5-7-10-18/h5-7,9-14,16H,3-4,8,15H2,1-2H3. The van der Waals surface area contributed by atoms with Crippen molar-refractivity contribution in [3.05, 3.63) is 60.2 Å². The molecule has 0 amide bonds. The summed E-state index contributed by atoms with van der Waals surface area (Å²) in [5.41, 5.74) is 2.43. The smallest absolute Gasteiger partial charge is 0.338 e. The highest BCUT2D eigenvalue weighted by Gasteiger charge is 2.07. The molecule has 0 unspecified atom stereocenters. The second-order valence-electron chi connectivity index (χ2n) is 5.58. The van der Waals surface area contributed by atoms with Crippen LogP contribution in [-0.4, -0.2) is 26.0 Å². The van der Waals surface area contributed by atoms with Crippen LogP contribution in [0, 0.1) is 0 Å². The predicted molar refractivity (Wildman–Crippen MR) is 99.2 cm³/mol. The van der Waals surface area contributed by atoms with Crippen molar-refractivity contribution < 1.29 is 9.53 Å². The summed E-state index contributed by atoms with van der Waals surface area (Å²) in [5, 5.41) is 0. The molecule has 0 heterocycles. The van der Waals surface area contributed by atoms with E-state index < -0.39 is 0 Å². The molecule has 0 N–H and O–H groups in total. The molecule has 0 spiro atoms. The Labute approximate surface area is 143 Å². The number of anilines is 1. The van der Waals surface area contributed by atoms with Crippen LogP contribution in [-0.2, 0) is 4.74 Å². The first-order valence-corrected chi connectivity index (χ1v) is 8.30. The first-order valence-electron chi connectivity index (χ1n) is 8.30. The van der Waals surface area contributed by atoms with Crippen LogP contribution in [0.25, 0.3) is 0 Å². The Balaban J connectivity index is 1.91. The molecule has 0 fully saturated rings. The van der Waals surface area contributed by atoms with E-state index in [9.17, 15) is 4.79 Å². The first kappa shape index (κ1) is 17.7. The van der Waals surface area contributed by atoms with Crippen LogP contribution >= 0.6 is 0 Å². The van der Waals surface area contributed by atoms with Gasteiger partial charge >= 0.3 is 5.97 Å². The number of hydrogen-bond acceptors (Lipinski definition) is 3. The Morgan fingerprint density at radius 1 is 1.08 bits per heavy atom. The van der Waals surface area contributed by atoms with Gasteiger partial charge in [-0.05, 0) is 42.8 Å². The lowest BCUT2D eigenvalue weighted by atomic mass is 10.2. The van der Waals surface area contributed by atoms with Crippen molar-refractivity contribution in [2.75, 3.05) is 18.6 Å². The van der Waals surface area contributed by atoms with Gasteiger partial charge in [-0.2, -0.15) is 0 Å². The third-order valence-electron chi connectivity index (χ3n) is 3.63. The summed E-state index contributed by atoms with van der Waals surface area (Å²) in [6.45, 7) is 2.61. The highest BCUT2D eigenvalue weighted by atomic mass is 16.5. The molecule has 0 aromatic heterocycles. The van der Waals surface area contributed by atoms with E-state index in [0.717, 1.165) is 30.6 Å². The number of carbonyl (C=O) groups excluding carboxylic acids is 1. The number of para-hydroxylation sites is 1. The monoisotopic (exact) mass is 324 g/mol. The Morgan fingerprint density at radius 3 is 2.46 bits per heavy atom. The number of ether oxygens (including phenoxy) is 1. The number of aliphatic imine (C=N–C) groups is 1. The van der Waals surface area contributed by atoms with Crippen LogP contribution in [0.5, 0.6) is 0 Å². The number of rotatable bonds is 8. The quantitative estimate of drug-likeness (QED) is 0.302. The zero-order chi connectivity index (χ0) is 17.2. The number of esters is 1. The molecule has 0 aliphatic rings. The number of benzene rings is 2. The lowest BCUT2D eigenvalue weighted by molar-refractivity contribution is 0.0498. The molecule has 2 aromatic rings. The van der Waals surface area contributed by atoms with Crippen molar-refractivity contribution in [2.24, 2.45) is 4.99 Å². The van der Waals surface area contributed by atoms with Gasteiger partial charge in [0.05, 0.1) is 24.2 Å². The molecule has 0 radical (unpaired) electrons. The molecule has 2 rings (SSSR count). The fourth-order valence-corrected chi connectivity index (χ4v) is 2.17.